The minimum absolute atomic E-state index is 0.121. The van der Waals surface area contributed by atoms with E-state index in [1.807, 2.05) is 36.4 Å². The second-order valence-electron chi connectivity index (χ2n) is 6.68. The van der Waals surface area contributed by atoms with Crippen LogP contribution in [0.15, 0.2) is 61.2 Å². The summed E-state index contributed by atoms with van der Waals surface area (Å²) in [5, 5.41) is 7.26. The Morgan fingerprint density at radius 3 is 2.52 bits per heavy atom. The lowest BCUT2D eigenvalue weighted by Gasteiger charge is -2.23. The molecule has 0 saturated heterocycles. The third kappa shape index (κ3) is 6.94. The van der Waals surface area contributed by atoms with E-state index >= 15 is 0 Å². The van der Waals surface area contributed by atoms with Gasteiger partial charge in [0.1, 0.15) is 18.1 Å². The molecule has 0 saturated carbocycles. The van der Waals surface area contributed by atoms with Crippen LogP contribution in [0.1, 0.15) is 31.9 Å². The molecule has 2 N–H and O–H groups in total. The molecule has 0 aliphatic heterocycles. The molecule has 5 heteroatoms. The van der Waals surface area contributed by atoms with Crippen molar-refractivity contribution in [3.05, 3.63) is 66.7 Å². The Bertz CT molecular complexity index is 744. The Morgan fingerprint density at radius 2 is 1.89 bits per heavy atom. The van der Waals surface area contributed by atoms with Crippen molar-refractivity contribution < 1.29 is 9.47 Å². The number of thiocarbonyl (C=S) groups is 1. The van der Waals surface area contributed by atoms with Gasteiger partial charge in [-0.15, -0.1) is 0 Å². The molecule has 0 spiro atoms. The predicted octanol–water partition coefficient (Wildman–Crippen LogP) is 5.33. The largest absolute Gasteiger partial charge is 0.497 e. The number of hydrogen-bond acceptors (Lipinski definition) is 3. The third-order valence-corrected chi connectivity index (χ3v) is 4.21. The van der Waals surface area contributed by atoms with Gasteiger partial charge in [-0.05, 0) is 54.4 Å². The molecule has 0 radical (unpaired) electrons. The van der Waals surface area contributed by atoms with E-state index < -0.39 is 0 Å². The van der Waals surface area contributed by atoms with E-state index in [0.29, 0.717) is 17.6 Å². The summed E-state index contributed by atoms with van der Waals surface area (Å²) in [5.74, 6) is 2.15. The van der Waals surface area contributed by atoms with E-state index in [9.17, 15) is 0 Å². The highest BCUT2D eigenvalue weighted by atomic mass is 32.1. The molecule has 2 aromatic carbocycles. The summed E-state index contributed by atoms with van der Waals surface area (Å²) in [6.45, 7) is 8.54. The van der Waals surface area contributed by atoms with Crippen LogP contribution in [-0.2, 0) is 0 Å². The van der Waals surface area contributed by atoms with Gasteiger partial charge in [0.25, 0.3) is 0 Å². The fourth-order valence-corrected chi connectivity index (χ4v) is 2.99. The first kappa shape index (κ1) is 20.8. The van der Waals surface area contributed by atoms with Gasteiger partial charge in [-0.25, -0.2) is 0 Å². The highest BCUT2D eigenvalue weighted by molar-refractivity contribution is 7.80. The van der Waals surface area contributed by atoms with Gasteiger partial charge in [0.2, 0.25) is 0 Å². The minimum Gasteiger partial charge on any atom is -0.497 e. The number of rotatable bonds is 9. The summed E-state index contributed by atoms with van der Waals surface area (Å²) >= 11 is 5.54. The Morgan fingerprint density at radius 1 is 1.15 bits per heavy atom. The summed E-state index contributed by atoms with van der Waals surface area (Å²) in [4.78, 5) is 0. The van der Waals surface area contributed by atoms with Crippen molar-refractivity contribution in [2.75, 3.05) is 19.0 Å². The number of nitrogens with one attached hydrogen (secondary N) is 2. The molecule has 0 amide bonds. The molecule has 0 unspecified atom stereocenters. The van der Waals surface area contributed by atoms with E-state index in [1.165, 1.54) is 5.56 Å². The Labute approximate surface area is 167 Å². The standard InChI is InChI=1S/C22H28N2O2S/c1-5-13-26-20-8-6-7-18(15-20)23-22(27)24-21(14-16(2)3)17-9-11-19(25-4)12-10-17/h5-12,15-16,21H,1,13-14H2,2-4H3,(H2,23,24,27)/t21-/m1/s1. The van der Waals surface area contributed by atoms with Crippen LogP contribution in [0, 0.1) is 5.92 Å². The maximum Gasteiger partial charge on any atom is 0.171 e. The molecule has 0 fully saturated rings. The first-order valence-corrected chi connectivity index (χ1v) is 9.48. The fraction of sp³-hybridized carbons (Fsp3) is 0.318. The van der Waals surface area contributed by atoms with E-state index in [4.69, 9.17) is 21.7 Å². The van der Waals surface area contributed by atoms with Crippen LogP contribution >= 0.6 is 12.2 Å². The summed E-state index contributed by atoms with van der Waals surface area (Å²) in [5.41, 5.74) is 2.06. The zero-order chi connectivity index (χ0) is 19.6. The van der Waals surface area contributed by atoms with Crippen LogP contribution in [0.3, 0.4) is 0 Å². The fourth-order valence-electron chi connectivity index (χ4n) is 2.73. The SMILES string of the molecule is C=CCOc1cccc(NC(=S)N[C@H](CC(C)C)c2ccc(OC)cc2)c1. The quantitative estimate of drug-likeness (QED) is 0.452. The summed E-state index contributed by atoms with van der Waals surface area (Å²) in [7, 11) is 1.67. The Kier molecular flexibility index (Phi) is 8.14. The number of benzene rings is 2. The molecule has 0 heterocycles. The predicted molar refractivity (Wildman–Crippen MR) is 117 cm³/mol. The van der Waals surface area contributed by atoms with Gasteiger partial charge in [-0.1, -0.05) is 44.7 Å². The zero-order valence-electron chi connectivity index (χ0n) is 16.2. The molecule has 0 aliphatic rings. The average molecular weight is 385 g/mol. The average Bonchev–Trinajstić information content (AvgIpc) is 2.66. The van der Waals surface area contributed by atoms with Crippen LogP contribution in [0.25, 0.3) is 0 Å². The lowest BCUT2D eigenvalue weighted by atomic mass is 9.97. The first-order valence-electron chi connectivity index (χ1n) is 9.07. The second-order valence-corrected chi connectivity index (χ2v) is 7.09. The molecule has 144 valence electrons. The molecule has 0 aromatic heterocycles. The molecule has 1 atom stereocenters. The number of anilines is 1. The van der Waals surface area contributed by atoms with Crippen molar-refractivity contribution in [1.82, 2.24) is 5.32 Å². The van der Waals surface area contributed by atoms with Gasteiger partial charge in [0.15, 0.2) is 5.11 Å². The normalized spacial score (nSPS) is 11.6. The van der Waals surface area contributed by atoms with Crippen LogP contribution in [-0.4, -0.2) is 18.8 Å². The molecule has 4 nitrogen and oxygen atoms in total. The number of ether oxygens (including phenoxy) is 2. The van der Waals surface area contributed by atoms with Gasteiger partial charge >= 0.3 is 0 Å². The molecule has 27 heavy (non-hydrogen) atoms. The van der Waals surface area contributed by atoms with Gasteiger partial charge in [-0.2, -0.15) is 0 Å². The molecular weight excluding hydrogens is 356 g/mol. The topological polar surface area (TPSA) is 42.5 Å². The minimum atomic E-state index is 0.121. The van der Waals surface area contributed by atoms with Crippen molar-refractivity contribution in [2.45, 2.75) is 26.3 Å². The van der Waals surface area contributed by atoms with Crippen molar-refractivity contribution in [2.24, 2.45) is 5.92 Å². The molecular formula is C22H28N2O2S. The maximum atomic E-state index is 5.57. The molecule has 0 aliphatic carbocycles. The van der Waals surface area contributed by atoms with Crippen LogP contribution in [0.2, 0.25) is 0 Å². The number of hydrogen-bond donors (Lipinski definition) is 2. The second kappa shape index (κ2) is 10.6. The first-order chi connectivity index (χ1) is 13.0. The number of methoxy groups -OCH3 is 1. The monoisotopic (exact) mass is 384 g/mol. The lowest BCUT2D eigenvalue weighted by Crippen LogP contribution is -2.33. The van der Waals surface area contributed by atoms with Crippen molar-refractivity contribution in [3.63, 3.8) is 0 Å². The summed E-state index contributed by atoms with van der Waals surface area (Å²) < 4.78 is 10.8. The van der Waals surface area contributed by atoms with Crippen molar-refractivity contribution in [3.8, 4) is 11.5 Å². The van der Waals surface area contributed by atoms with Crippen LogP contribution in [0.4, 0.5) is 5.69 Å². The summed E-state index contributed by atoms with van der Waals surface area (Å²) in [6.07, 6.45) is 2.69. The Hall–Kier alpha value is -2.53. The zero-order valence-corrected chi connectivity index (χ0v) is 17.0. The van der Waals surface area contributed by atoms with E-state index in [-0.39, 0.29) is 6.04 Å². The Balaban J connectivity index is 2.05. The van der Waals surface area contributed by atoms with Crippen LogP contribution in [0.5, 0.6) is 11.5 Å². The van der Waals surface area contributed by atoms with Gasteiger partial charge in [-0.3, -0.25) is 0 Å². The lowest BCUT2D eigenvalue weighted by molar-refractivity contribution is 0.363. The van der Waals surface area contributed by atoms with Crippen LogP contribution < -0.4 is 20.1 Å². The highest BCUT2D eigenvalue weighted by Crippen LogP contribution is 2.24. The van der Waals surface area contributed by atoms with E-state index in [2.05, 4.69) is 43.2 Å². The molecule has 0 bridgehead atoms. The maximum absolute atomic E-state index is 5.57. The van der Waals surface area contributed by atoms with Crippen molar-refractivity contribution in [1.29, 1.82) is 0 Å². The van der Waals surface area contributed by atoms with E-state index in [0.717, 1.165) is 23.6 Å². The molecule has 2 rings (SSSR count). The summed E-state index contributed by atoms with van der Waals surface area (Å²) in [6, 6.07) is 15.9. The molecule has 2 aromatic rings. The van der Waals surface area contributed by atoms with Crippen molar-refractivity contribution >= 4 is 23.0 Å². The highest BCUT2D eigenvalue weighted by Gasteiger charge is 2.15. The van der Waals surface area contributed by atoms with Gasteiger partial charge in [0.05, 0.1) is 13.2 Å². The third-order valence-electron chi connectivity index (χ3n) is 3.99. The smallest absolute Gasteiger partial charge is 0.171 e. The van der Waals surface area contributed by atoms with Gasteiger partial charge in [0, 0.05) is 11.8 Å². The van der Waals surface area contributed by atoms with Gasteiger partial charge < -0.3 is 20.1 Å². The van der Waals surface area contributed by atoms with E-state index in [1.54, 1.807) is 13.2 Å².